The molecule has 2 heteroatoms. The van der Waals surface area contributed by atoms with E-state index in [1.807, 2.05) is 0 Å². The summed E-state index contributed by atoms with van der Waals surface area (Å²) in [5.41, 5.74) is 0. The van der Waals surface area contributed by atoms with Crippen molar-refractivity contribution >= 4 is 0 Å². The number of likely N-dealkylation sites (tertiary alicyclic amines) is 1. The van der Waals surface area contributed by atoms with Gasteiger partial charge in [-0.1, -0.05) is 20.3 Å². The van der Waals surface area contributed by atoms with Crippen molar-refractivity contribution < 1.29 is 0 Å². The fraction of sp³-hybridized carbons (Fsp3) is 1.00. The summed E-state index contributed by atoms with van der Waals surface area (Å²) >= 11 is 0. The Labute approximate surface area is 102 Å². The van der Waals surface area contributed by atoms with Gasteiger partial charge in [-0.25, -0.2) is 0 Å². The van der Waals surface area contributed by atoms with Crippen molar-refractivity contribution in [2.45, 2.75) is 77.9 Å². The summed E-state index contributed by atoms with van der Waals surface area (Å²) < 4.78 is 0. The molecule has 0 spiro atoms. The van der Waals surface area contributed by atoms with Crippen molar-refractivity contribution in [3.63, 3.8) is 0 Å². The van der Waals surface area contributed by atoms with Crippen molar-refractivity contribution in [1.82, 2.24) is 10.2 Å². The summed E-state index contributed by atoms with van der Waals surface area (Å²) in [5.74, 6) is 0. The van der Waals surface area contributed by atoms with Crippen LogP contribution in [-0.2, 0) is 0 Å². The number of piperidine rings is 1. The topological polar surface area (TPSA) is 15.3 Å². The summed E-state index contributed by atoms with van der Waals surface area (Å²) in [5, 5.41) is 3.67. The second-order valence-electron chi connectivity index (χ2n) is 5.30. The second-order valence-corrected chi connectivity index (χ2v) is 5.30. The van der Waals surface area contributed by atoms with Gasteiger partial charge >= 0.3 is 0 Å². The van der Waals surface area contributed by atoms with Crippen LogP contribution >= 0.6 is 0 Å². The third-order valence-corrected chi connectivity index (χ3v) is 4.04. The van der Waals surface area contributed by atoms with Gasteiger partial charge in [0.15, 0.2) is 0 Å². The minimum absolute atomic E-state index is 0.647. The minimum atomic E-state index is 0.647. The number of rotatable bonds is 6. The van der Waals surface area contributed by atoms with E-state index in [2.05, 4.69) is 37.9 Å². The highest BCUT2D eigenvalue weighted by molar-refractivity contribution is 4.87. The molecule has 1 aliphatic heterocycles. The van der Waals surface area contributed by atoms with Crippen LogP contribution < -0.4 is 5.32 Å². The largest absolute Gasteiger partial charge is 0.313 e. The highest BCUT2D eigenvalue weighted by Gasteiger charge is 2.29. The maximum absolute atomic E-state index is 3.67. The van der Waals surface area contributed by atoms with Crippen LogP contribution in [0.1, 0.15) is 59.8 Å². The zero-order valence-electron chi connectivity index (χ0n) is 11.6. The smallest absolute Gasteiger partial charge is 0.0249 e. The normalized spacial score (nSPS) is 26.6. The standard InChI is InChI=1S/C14H30N2/c1-5-10-15-13(4)14-9-7-8-11-16(14)12(3)6-2/h12-15H,5-11H2,1-4H3. The molecule has 1 heterocycles. The molecule has 0 aromatic heterocycles. The van der Waals surface area contributed by atoms with Crippen molar-refractivity contribution in [3.05, 3.63) is 0 Å². The van der Waals surface area contributed by atoms with Gasteiger partial charge < -0.3 is 5.32 Å². The van der Waals surface area contributed by atoms with Crippen LogP contribution in [0.5, 0.6) is 0 Å². The van der Waals surface area contributed by atoms with E-state index in [1.165, 1.54) is 38.6 Å². The van der Waals surface area contributed by atoms with Crippen LogP contribution in [0, 0.1) is 0 Å². The Kier molecular flexibility index (Phi) is 6.37. The summed E-state index contributed by atoms with van der Waals surface area (Å²) in [6.07, 6.45) is 6.69. The first-order chi connectivity index (χ1) is 7.70. The molecular weight excluding hydrogens is 196 g/mol. The Morgan fingerprint density at radius 2 is 2.00 bits per heavy atom. The molecule has 1 rings (SSSR count). The van der Waals surface area contributed by atoms with Crippen molar-refractivity contribution in [2.75, 3.05) is 13.1 Å². The first-order valence-electron chi connectivity index (χ1n) is 7.19. The molecule has 1 fully saturated rings. The molecule has 1 saturated heterocycles. The van der Waals surface area contributed by atoms with E-state index in [0.717, 1.165) is 18.6 Å². The molecular formula is C14H30N2. The van der Waals surface area contributed by atoms with E-state index in [0.29, 0.717) is 6.04 Å². The Balaban J connectivity index is 2.51. The molecule has 96 valence electrons. The number of nitrogens with one attached hydrogen (secondary N) is 1. The van der Waals surface area contributed by atoms with E-state index in [1.54, 1.807) is 0 Å². The molecule has 0 radical (unpaired) electrons. The lowest BCUT2D eigenvalue weighted by Crippen LogP contribution is -2.54. The Bertz CT molecular complexity index is 182. The minimum Gasteiger partial charge on any atom is -0.313 e. The average molecular weight is 226 g/mol. The lowest BCUT2D eigenvalue weighted by atomic mass is 9.94. The molecule has 0 aliphatic carbocycles. The molecule has 0 saturated carbocycles. The van der Waals surface area contributed by atoms with E-state index >= 15 is 0 Å². The third kappa shape index (κ3) is 3.74. The fourth-order valence-corrected chi connectivity index (χ4v) is 2.81. The van der Waals surface area contributed by atoms with Gasteiger partial charge in [-0.15, -0.1) is 0 Å². The van der Waals surface area contributed by atoms with Gasteiger partial charge in [-0.05, 0) is 52.6 Å². The van der Waals surface area contributed by atoms with Crippen LogP contribution in [0.2, 0.25) is 0 Å². The molecule has 0 aromatic rings. The van der Waals surface area contributed by atoms with Gasteiger partial charge in [-0.3, -0.25) is 4.90 Å². The Morgan fingerprint density at radius 1 is 1.25 bits per heavy atom. The van der Waals surface area contributed by atoms with Crippen molar-refractivity contribution in [3.8, 4) is 0 Å². The Morgan fingerprint density at radius 3 is 2.62 bits per heavy atom. The molecule has 2 nitrogen and oxygen atoms in total. The summed E-state index contributed by atoms with van der Waals surface area (Å²) in [4.78, 5) is 2.73. The molecule has 1 aliphatic rings. The van der Waals surface area contributed by atoms with Crippen LogP contribution in [-0.4, -0.2) is 36.1 Å². The van der Waals surface area contributed by atoms with Crippen LogP contribution in [0.15, 0.2) is 0 Å². The first-order valence-corrected chi connectivity index (χ1v) is 7.19. The molecule has 3 unspecified atom stereocenters. The first kappa shape index (κ1) is 14.0. The number of nitrogens with zero attached hydrogens (tertiary/aromatic N) is 1. The monoisotopic (exact) mass is 226 g/mol. The molecule has 0 aromatic carbocycles. The van der Waals surface area contributed by atoms with Gasteiger partial charge in [0.2, 0.25) is 0 Å². The zero-order valence-corrected chi connectivity index (χ0v) is 11.6. The van der Waals surface area contributed by atoms with Gasteiger partial charge in [-0.2, -0.15) is 0 Å². The maximum Gasteiger partial charge on any atom is 0.0249 e. The highest BCUT2D eigenvalue weighted by Crippen LogP contribution is 2.23. The summed E-state index contributed by atoms with van der Waals surface area (Å²) in [6, 6.07) is 2.15. The predicted molar refractivity (Wildman–Crippen MR) is 71.9 cm³/mol. The number of hydrogen-bond donors (Lipinski definition) is 1. The SMILES string of the molecule is CCCNC(C)C1CCCCN1C(C)CC. The summed E-state index contributed by atoms with van der Waals surface area (Å²) in [7, 11) is 0. The van der Waals surface area contributed by atoms with Crippen LogP contribution in [0.4, 0.5) is 0 Å². The Hall–Kier alpha value is -0.0800. The lowest BCUT2D eigenvalue weighted by Gasteiger charge is -2.43. The van der Waals surface area contributed by atoms with Gasteiger partial charge in [0, 0.05) is 18.1 Å². The average Bonchev–Trinajstić information content (AvgIpc) is 2.35. The fourth-order valence-electron chi connectivity index (χ4n) is 2.81. The molecule has 1 N–H and O–H groups in total. The second kappa shape index (κ2) is 7.29. The molecule has 0 bridgehead atoms. The van der Waals surface area contributed by atoms with Crippen LogP contribution in [0.25, 0.3) is 0 Å². The lowest BCUT2D eigenvalue weighted by molar-refractivity contribution is 0.0783. The molecule has 16 heavy (non-hydrogen) atoms. The quantitative estimate of drug-likeness (QED) is 0.749. The van der Waals surface area contributed by atoms with Crippen molar-refractivity contribution in [1.29, 1.82) is 0 Å². The van der Waals surface area contributed by atoms with E-state index < -0.39 is 0 Å². The van der Waals surface area contributed by atoms with Gasteiger partial charge in [0.05, 0.1) is 0 Å². The highest BCUT2D eigenvalue weighted by atomic mass is 15.2. The molecule has 0 amide bonds. The zero-order chi connectivity index (χ0) is 12.0. The van der Waals surface area contributed by atoms with Gasteiger partial charge in [0.25, 0.3) is 0 Å². The number of hydrogen-bond acceptors (Lipinski definition) is 2. The maximum atomic E-state index is 3.67. The summed E-state index contributed by atoms with van der Waals surface area (Å²) in [6.45, 7) is 11.8. The molecule has 3 atom stereocenters. The van der Waals surface area contributed by atoms with Gasteiger partial charge in [0.1, 0.15) is 0 Å². The predicted octanol–water partition coefficient (Wildman–Crippen LogP) is 3.03. The van der Waals surface area contributed by atoms with E-state index in [-0.39, 0.29) is 0 Å². The van der Waals surface area contributed by atoms with Crippen LogP contribution in [0.3, 0.4) is 0 Å². The van der Waals surface area contributed by atoms with Crippen molar-refractivity contribution in [2.24, 2.45) is 0 Å². The third-order valence-electron chi connectivity index (χ3n) is 4.04. The van der Waals surface area contributed by atoms with E-state index in [4.69, 9.17) is 0 Å². The van der Waals surface area contributed by atoms with E-state index in [9.17, 15) is 0 Å².